The SMILES string of the molecule is Clc1cccc([C@H]2Oc3ccccc3[C@H]3CC(c4ccc5c(c4)OCO5)=NN32)c1. The highest BCUT2D eigenvalue weighted by atomic mass is 35.5. The van der Waals surface area contributed by atoms with Crippen LogP contribution in [0.3, 0.4) is 0 Å². The standard InChI is InChI=1S/C23H17ClN2O3/c24-16-5-3-4-15(10-16)23-26-19(17-6-1-2-7-20(17)29-23)12-18(25-26)14-8-9-21-22(11-14)28-13-27-21/h1-11,19,23H,12-13H2/t19-,23-/m1/s1. The fraction of sp³-hybridized carbons (Fsp3) is 0.174. The molecule has 0 radical (unpaired) electrons. The maximum atomic E-state index is 6.36. The van der Waals surface area contributed by atoms with Gasteiger partial charge in [0.2, 0.25) is 13.0 Å². The summed E-state index contributed by atoms with van der Waals surface area (Å²) < 4.78 is 17.3. The van der Waals surface area contributed by atoms with Crippen molar-refractivity contribution in [1.29, 1.82) is 0 Å². The third-order valence-electron chi connectivity index (χ3n) is 5.54. The van der Waals surface area contributed by atoms with Gasteiger partial charge in [-0.25, -0.2) is 5.01 Å². The Kier molecular flexibility index (Phi) is 3.71. The first-order valence-electron chi connectivity index (χ1n) is 9.53. The van der Waals surface area contributed by atoms with Crippen LogP contribution in [-0.4, -0.2) is 17.5 Å². The first-order valence-corrected chi connectivity index (χ1v) is 9.91. The van der Waals surface area contributed by atoms with Crippen LogP contribution in [-0.2, 0) is 0 Å². The second-order valence-electron chi connectivity index (χ2n) is 7.28. The molecule has 2 atom stereocenters. The van der Waals surface area contributed by atoms with Gasteiger partial charge in [-0.3, -0.25) is 0 Å². The topological polar surface area (TPSA) is 43.3 Å². The molecule has 6 rings (SSSR count). The second kappa shape index (κ2) is 6.42. The van der Waals surface area contributed by atoms with Crippen LogP contribution in [0.1, 0.15) is 35.4 Å². The number of para-hydroxylation sites is 1. The van der Waals surface area contributed by atoms with Crippen molar-refractivity contribution in [2.45, 2.75) is 18.7 Å². The summed E-state index contributed by atoms with van der Waals surface area (Å²) >= 11 is 6.25. The van der Waals surface area contributed by atoms with Gasteiger partial charge in [0.1, 0.15) is 5.75 Å². The van der Waals surface area contributed by atoms with E-state index in [0.717, 1.165) is 46.1 Å². The Morgan fingerprint density at radius 1 is 0.897 bits per heavy atom. The van der Waals surface area contributed by atoms with Crippen molar-refractivity contribution >= 4 is 17.3 Å². The Balaban J connectivity index is 1.44. The number of ether oxygens (including phenoxy) is 3. The molecular weight excluding hydrogens is 388 g/mol. The van der Waals surface area contributed by atoms with Crippen LogP contribution < -0.4 is 14.2 Å². The maximum Gasteiger partial charge on any atom is 0.231 e. The van der Waals surface area contributed by atoms with Crippen molar-refractivity contribution in [2.24, 2.45) is 5.10 Å². The summed E-state index contributed by atoms with van der Waals surface area (Å²) in [5.74, 6) is 2.43. The number of rotatable bonds is 2. The van der Waals surface area contributed by atoms with Crippen molar-refractivity contribution in [2.75, 3.05) is 6.79 Å². The molecule has 3 aliphatic rings. The minimum absolute atomic E-state index is 0.101. The number of benzene rings is 3. The molecule has 0 saturated carbocycles. The van der Waals surface area contributed by atoms with E-state index in [-0.39, 0.29) is 19.1 Å². The zero-order chi connectivity index (χ0) is 19.4. The zero-order valence-corrected chi connectivity index (χ0v) is 16.2. The number of hydrazone groups is 1. The van der Waals surface area contributed by atoms with E-state index in [9.17, 15) is 0 Å². The summed E-state index contributed by atoms with van der Waals surface area (Å²) in [6.45, 7) is 0.262. The molecule has 0 N–H and O–H groups in total. The van der Waals surface area contributed by atoms with Crippen LogP contribution in [0.15, 0.2) is 71.8 Å². The lowest BCUT2D eigenvalue weighted by atomic mass is 9.96. The molecule has 0 aliphatic carbocycles. The predicted molar refractivity (Wildman–Crippen MR) is 110 cm³/mol. The molecule has 3 aromatic carbocycles. The Morgan fingerprint density at radius 3 is 2.72 bits per heavy atom. The van der Waals surface area contributed by atoms with Crippen LogP contribution in [0.4, 0.5) is 0 Å². The number of fused-ring (bicyclic) bond motifs is 4. The van der Waals surface area contributed by atoms with Gasteiger partial charge in [0.05, 0.1) is 11.8 Å². The average Bonchev–Trinajstić information content (AvgIpc) is 3.40. The molecule has 3 heterocycles. The number of hydrogen-bond donors (Lipinski definition) is 0. The smallest absolute Gasteiger partial charge is 0.231 e. The molecule has 3 aromatic rings. The van der Waals surface area contributed by atoms with Crippen molar-refractivity contribution in [3.63, 3.8) is 0 Å². The molecule has 0 saturated heterocycles. The largest absolute Gasteiger partial charge is 0.464 e. The third-order valence-corrected chi connectivity index (χ3v) is 5.77. The van der Waals surface area contributed by atoms with Gasteiger partial charge in [0.15, 0.2) is 11.5 Å². The molecule has 0 unspecified atom stereocenters. The molecule has 0 aromatic heterocycles. The lowest BCUT2D eigenvalue weighted by molar-refractivity contribution is -0.0190. The summed E-state index contributed by atoms with van der Waals surface area (Å²) in [7, 11) is 0. The molecule has 0 bridgehead atoms. The van der Waals surface area contributed by atoms with E-state index in [0.29, 0.717) is 5.02 Å². The van der Waals surface area contributed by atoms with Gasteiger partial charge >= 0.3 is 0 Å². The summed E-state index contributed by atoms with van der Waals surface area (Å²) in [6.07, 6.45) is 0.456. The van der Waals surface area contributed by atoms with Gasteiger partial charge in [-0.15, -0.1) is 0 Å². The van der Waals surface area contributed by atoms with Crippen LogP contribution in [0, 0.1) is 0 Å². The normalized spacial score (nSPS) is 21.3. The highest BCUT2D eigenvalue weighted by Gasteiger charge is 2.41. The van der Waals surface area contributed by atoms with E-state index in [1.807, 2.05) is 65.7 Å². The van der Waals surface area contributed by atoms with Crippen LogP contribution in [0.2, 0.25) is 5.02 Å². The summed E-state index contributed by atoms with van der Waals surface area (Å²) in [5, 5.41) is 7.71. The van der Waals surface area contributed by atoms with Crippen LogP contribution >= 0.6 is 11.6 Å². The molecule has 0 spiro atoms. The van der Waals surface area contributed by atoms with E-state index in [2.05, 4.69) is 6.07 Å². The average molecular weight is 405 g/mol. The van der Waals surface area contributed by atoms with E-state index in [1.165, 1.54) is 0 Å². The van der Waals surface area contributed by atoms with Gasteiger partial charge in [-0.05, 0) is 36.4 Å². The molecule has 144 valence electrons. The van der Waals surface area contributed by atoms with Crippen molar-refractivity contribution < 1.29 is 14.2 Å². The number of hydrogen-bond acceptors (Lipinski definition) is 5. The van der Waals surface area contributed by atoms with Gasteiger partial charge in [0.25, 0.3) is 0 Å². The minimum Gasteiger partial charge on any atom is -0.464 e. The molecule has 0 fully saturated rings. The lowest BCUT2D eigenvalue weighted by Gasteiger charge is -2.38. The summed E-state index contributed by atoms with van der Waals surface area (Å²) in [6, 6.07) is 22.0. The number of nitrogens with zero attached hydrogens (tertiary/aromatic N) is 2. The van der Waals surface area contributed by atoms with Crippen molar-refractivity contribution in [1.82, 2.24) is 5.01 Å². The van der Waals surface area contributed by atoms with Crippen molar-refractivity contribution in [3.05, 3.63) is 88.4 Å². The highest BCUT2D eigenvalue weighted by Crippen LogP contribution is 2.48. The first kappa shape index (κ1) is 16.7. The van der Waals surface area contributed by atoms with Gasteiger partial charge in [0, 0.05) is 28.1 Å². The number of halogens is 1. The van der Waals surface area contributed by atoms with Gasteiger partial charge < -0.3 is 14.2 Å². The molecule has 3 aliphatic heterocycles. The van der Waals surface area contributed by atoms with Gasteiger partial charge in [-0.2, -0.15) is 5.10 Å². The molecular formula is C23H17ClN2O3. The van der Waals surface area contributed by atoms with E-state index >= 15 is 0 Å². The fourth-order valence-corrected chi connectivity index (χ4v) is 4.36. The first-order chi connectivity index (χ1) is 14.3. The minimum atomic E-state index is -0.333. The third kappa shape index (κ3) is 2.73. The lowest BCUT2D eigenvalue weighted by Crippen LogP contribution is -2.33. The fourth-order valence-electron chi connectivity index (χ4n) is 4.16. The van der Waals surface area contributed by atoms with Gasteiger partial charge in [-0.1, -0.05) is 41.9 Å². The maximum absolute atomic E-state index is 6.36. The summed E-state index contributed by atoms with van der Waals surface area (Å²) in [4.78, 5) is 0. The van der Waals surface area contributed by atoms with E-state index in [1.54, 1.807) is 0 Å². The predicted octanol–water partition coefficient (Wildman–Crippen LogP) is 5.31. The van der Waals surface area contributed by atoms with Crippen molar-refractivity contribution in [3.8, 4) is 17.2 Å². The molecule has 0 amide bonds. The van der Waals surface area contributed by atoms with Crippen LogP contribution in [0.5, 0.6) is 17.2 Å². The second-order valence-corrected chi connectivity index (χ2v) is 7.71. The van der Waals surface area contributed by atoms with E-state index in [4.69, 9.17) is 30.9 Å². The summed E-state index contributed by atoms with van der Waals surface area (Å²) in [5.41, 5.74) is 4.16. The zero-order valence-electron chi connectivity index (χ0n) is 15.4. The van der Waals surface area contributed by atoms with E-state index < -0.39 is 0 Å². The highest BCUT2D eigenvalue weighted by molar-refractivity contribution is 6.30. The monoisotopic (exact) mass is 404 g/mol. The Morgan fingerprint density at radius 2 is 1.79 bits per heavy atom. The molecule has 6 heteroatoms. The molecule has 5 nitrogen and oxygen atoms in total. The Bertz CT molecular complexity index is 1150. The quantitative estimate of drug-likeness (QED) is 0.580. The Hall–Kier alpha value is -3.18. The molecule has 29 heavy (non-hydrogen) atoms. The Labute approximate surface area is 173 Å². The van der Waals surface area contributed by atoms with Crippen LogP contribution in [0.25, 0.3) is 0 Å².